The van der Waals surface area contributed by atoms with Crippen molar-refractivity contribution in [3.63, 3.8) is 0 Å². The van der Waals surface area contributed by atoms with Gasteiger partial charge in [0.25, 0.3) is 5.91 Å². The Morgan fingerprint density at radius 3 is 2.39 bits per heavy atom. The molecular formula is C15H14BrFN2O3S. The van der Waals surface area contributed by atoms with E-state index in [4.69, 9.17) is 5.14 Å². The van der Waals surface area contributed by atoms with E-state index in [1.165, 1.54) is 30.3 Å². The molecule has 8 heteroatoms. The highest BCUT2D eigenvalue weighted by Gasteiger charge is 2.10. The molecule has 0 atom stereocenters. The van der Waals surface area contributed by atoms with Crippen LogP contribution in [0.15, 0.2) is 51.8 Å². The fraction of sp³-hybridized carbons (Fsp3) is 0.133. The van der Waals surface area contributed by atoms with Crippen LogP contribution in [0.5, 0.6) is 0 Å². The monoisotopic (exact) mass is 400 g/mol. The van der Waals surface area contributed by atoms with Gasteiger partial charge < -0.3 is 5.32 Å². The summed E-state index contributed by atoms with van der Waals surface area (Å²) in [5.74, 6) is -0.749. The number of amides is 1. The predicted molar refractivity (Wildman–Crippen MR) is 88.0 cm³/mol. The molecule has 122 valence electrons. The van der Waals surface area contributed by atoms with Gasteiger partial charge in [0.2, 0.25) is 10.0 Å². The van der Waals surface area contributed by atoms with Crippen molar-refractivity contribution in [1.82, 2.24) is 5.32 Å². The highest BCUT2D eigenvalue weighted by molar-refractivity contribution is 9.10. The zero-order chi connectivity index (χ0) is 17.0. The summed E-state index contributed by atoms with van der Waals surface area (Å²) >= 11 is 3.14. The van der Waals surface area contributed by atoms with E-state index in [-0.39, 0.29) is 10.8 Å². The van der Waals surface area contributed by atoms with Gasteiger partial charge in [-0.15, -0.1) is 0 Å². The van der Waals surface area contributed by atoms with Gasteiger partial charge in [0.1, 0.15) is 5.82 Å². The summed E-state index contributed by atoms with van der Waals surface area (Å²) in [6.45, 7) is 0.359. The molecule has 0 heterocycles. The Kier molecular flexibility index (Phi) is 5.51. The van der Waals surface area contributed by atoms with Crippen LogP contribution in [0.1, 0.15) is 15.9 Å². The maximum Gasteiger partial charge on any atom is 0.252 e. The van der Waals surface area contributed by atoms with Gasteiger partial charge in [-0.2, -0.15) is 0 Å². The van der Waals surface area contributed by atoms with Crippen molar-refractivity contribution in [3.8, 4) is 0 Å². The molecule has 0 unspecified atom stereocenters. The predicted octanol–water partition coefficient (Wildman–Crippen LogP) is 2.21. The number of carbonyl (C=O) groups is 1. The molecule has 0 fully saturated rings. The molecular weight excluding hydrogens is 387 g/mol. The van der Waals surface area contributed by atoms with Gasteiger partial charge in [0.15, 0.2) is 0 Å². The Balaban J connectivity index is 1.93. The highest BCUT2D eigenvalue weighted by atomic mass is 79.9. The number of carbonyl (C=O) groups excluding carboxylic acids is 1. The number of benzene rings is 2. The van der Waals surface area contributed by atoms with Gasteiger partial charge in [0, 0.05) is 11.0 Å². The lowest BCUT2D eigenvalue weighted by atomic mass is 10.1. The zero-order valence-corrected chi connectivity index (χ0v) is 14.3. The summed E-state index contributed by atoms with van der Waals surface area (Å²) in [7, 11) is -3.70. The van der Waals surface area contributed by atoms with E-state index in [0.29, 0.717) is 23.0 Å². The number of nitrogens with one attached hydrogen (secondary N) is 1. The van der Waals surface area contributed by atoms with Gasteiger partial charge in [-0.1, -0.05) is 12.1 Å². The van der Waals surface area contributed by atoms with Crippen LogP contribution in [-0.4, -0.2) is 20.9 Å². The SMILES string of the molecule is NS(=O)(=O)c1ccc(CCNC(=O)c2ccc(F)cc2Br)cc1. The number of sulfonamides is 1. The molecule has 0 saturated carbocycles. The van der Waals surface area contributed by atoms with E-state index >= 15 is 0 Å². The van der Waals surface area contributed by atoms with E-state index in [1.807, 2.05) is 0 Å². The molecule has 0 spiro atoms. The van der Waals surface area contributed by atoms with Gasteiger partial charge >= 0.3 is 0 Å². The molecule has 0 aliphatic heterocycles. The summed E-state index contributed by atoms with van der Waals surface area (Å²) in [5, 5.41) is 7.74. The van der Waals surface area contributed by atoms with Crippen molar-refractivity contribution < 1.29 is 17.6 Å². The molecule has 0 bridgehead atoms. The second-order valence-corrected chi connectivity index (χ2v) is 7.23. The third kappa shape index (κ3) is 4.85. The first kappa shape index (κ1) is 17.6. The van der Waals surface area contributed by atoms with Crippen LogP contribution in [-0.2, 0) is 16.4 Å². The topological polar surface area (TPSA) is 89.3 Å². The van der Waals surface area contributed by atoms with Crippen molar-refractivity contribution in [2.24, 2.45) is 5.14 Å². The fourth-order valence-corrected chi connectivity index (χ4v) is 2.98. The normalized spacial score (nSPS) is 11.3. The average molecular weight is 401 g/mol. The number of nitrogens with two attached hydrogens (primary N) is 1. The van der Waals surface area contributed by atoms with Crippen LogP contribution >= 0.6 is 15.9 Å². The van der Waals surface area contributed by atoms with E-state index < -0.39 is 15.8 Å². The lowest BCUT2D eigenvalue weighted by Gasteiger charge is -2.07. The second kappa shape index (κ2) is 7.20. The lowest BCUT2D eigenvalue weighted by Crippen LogP contribution is -2.26. The molecule has 0 aliphatic carbocycles. The van der Waals surface area contributed by atoms with Crippen molar-refractivity contribution in [3.05, 3.63) is 63.9 Å². The standard InChI is InChI=1S/C15H14BrFN2O3S/c16-14-9-11(17)3-6-13(14)15(20)19-8-7-10-1-4-12(5-2-10)23(18,21)22/h1-6,9H,7-8H2,(H,19,20)(H2,18,21,22). The Morgan fingerprint density at radius 1 is 1.17 bits per heavy atom. The molecule has 0 aliphatic rings. The Morgan fingerprint density at radius 2 is 1.83 bits per heavy atom. The van der Waals surface area contributed by atoms with Crippen molar-refractivity contribution >= 4 is 31.9 Å². The first-order valence-electron chi connectivity index (χ1n) is 6.62. The Bertz CT molecular complexity index is 823. The van der Waals surface area contributed by atoms with E-state index in [1.54, 1.807) is 12.1 Å². The molecule has 2 rings (SSSR count). The number of hydrogen-bond acceptors (Lipinski definition) is 3. The van der Waals surface area contributed by atoms with E-state index in [2.05, 4.69) is 21.2 Å². The smallest absolute Gasteiger partial charge is 0.252 e. The molecule has 0 saturated heterocycles. The molecule has 5 nitrogen and oxygen atoms in total. The number of rotatable bonds is 5. The van der Waals surface area contributed by atoms with Crippen LogP contribution in [0.3, 0.4) is 0 Å². The summed E-state index contributed by atoms with van der Waals surface area (Å²) in [4.78, 5) is 12.0. The van der Waals surface area contributed by atoms with Crippen LogP contribution < -0.4 is 10.5 Å². The number of halogens is 2. The number of hydrogen-bond donors (Lipinski definition) is 2. The summed E-state index contributed by atoms with van der Waals surface area (Å²) in [5.41, 5.74) is 1.20. The lowest BCUT2D eigenvalue weighted by molar-refractivity contribution is 0.0953. The van der Waals surface area contributed by atoms with Crippen molar-refractivity contribution in [2.75, 3.05) is 6.54 Å². The minimum Gasteiger partial charge on any atom is -0.352 e. The average Bonchev–Trinajstić information content (AvgIpc) is 2.46. The fourth-order valence-electron chi connectivity index (χ4n) is 1.94. The van der Waals surface area contributed by atoms with Crippen LogP contribution in [0, 0.1) is 5.82 Å². The van der Waals surface area contributed by atoms with Gasteiger partial charge in [-0.05, 0) is 58.2 Å². The van der Waals surface area contributed by atoms with Crippen LogP contribution in [0.25, 0.3) is 0 Å². The molecule has 23 heavy (non-hydrogen) atoms. The van der Waals surface area contributed by atoms with E-state index in [9.17, 15) is 17.6 Å². The maximum absolute atomic E-state index is 13.0. The Labute approximate surface area is 141 Å². The van der Waals surface area contributed by atoms with Crippen molar-refractivity contribution in [1.29, 1.82) is 0 Å². The minimum absolute atomic E-state index is 0.0422. The zero-order valence-electron chi connectivity index (χ0n) is 11.9. The molecule has 2 aromatic carbocycles. The maximum atomic E-state index is 13.0. The number of primary sulfonamides is 1. The largest absolute Gasteiger partial charge is 0.352 e. The third-order valence-electron chi connectivity index (χ3n) is 3.13. The van der Waals surface area contributed by atoms with Gasteiger partial charge in [0.05, 0.1) is 10.5 Å². The third-order valence-corrected chi connectivity index (χ3v) is 4.71. The molecule has 3 N–H and O–H groups in total. The summed E-state index contributed by atoms with van der Waals surface area (Å²) in [6.07, 6.45) is 0.523. The first-order chi connectivity index (χ1) is 10.8. The molecule has 0 aromatic heterocycles. The van der Waals surface area contributed by atoms with Gasteiger partial charge in [-0.25, -0.2) is 17.9 Å². The second-order valence-electron chi connectivity index (χ2n) is 4.82. The summed E-state index contributed by atoms with van der Waals surface area (Å²) in [6, 6.07) is 9.95. The Hall–Kier alpha value is -1.77. The minimum atomic E-state index is -3.70. The van der Waals surface area contributed by atoms with Crippen molar-refractivity contribution in [2.45, 2.75) is 11.3 Å². The molecule has 0 radical (unpaired) electrons. The molecule has 1 amide bonds. The van der Waals surface area contributed by atoms with Crippen LogP contribution in [0.2, 0.25) is 0 Å². The van der Waals surface area contributed by atoms with Crippen LogP contribution in [0.4, 0.5) is 4.39 Å². The summed E-state index contributed by atoms with van der Waals surface area (Å²) < 4.78 is 35.7. The molecule has 2 aromatic rings. The van der Waals surface area contributed by atoms with E-state index in [0.717, 1.165) is 5.56 Å². The highest BCUT2D eigenvalue weighted by Crippen LogP contribution is 2.17. The first-order valence-corrected chi connectivity index (χ1v) is 8.96. The quantitative estimate of drug-likeness (QED) is 0.805. The van der Waals surface area contributed by atoms with Gasteiger partial charge in [-0.3, -0.25) is 4.79 Å².